The molecular weight excluding hydrogens is 134 g/mol. The van der Waals surface area contributed by atoms with E-state index in [2.05, 4.69) is 4.99 Å². The monoisotopic (exact) mass is 141 g/mol. The normalized spacial score (nSPS) is 12.8. The van der Waals surface area contributed by atoms with Gasteiger partial charge in [-0.15, -0.1) is 0 Å². The lowest BCUT2D eigenvalue weighted by molar-refractivity contribution is -0.146. The van der Waals surface area contributed by atoms with Crippen molar-refractivity contribution < 1.29 is 15.0 Å². The molecule has 0 aromatic heterocycles. The molecule has 0 heterocycles. The highest BCUT2D eigenvalue weighted by Gasteiger charge is 2.09. The molecular formula is C6H7NO3. The molecule has 4 nitrogen and oxygen atoms in total. The Morgan fingerprint density at radius 2 is 2.50 bits per heavy atom. The molecule has 0 saturated heterocycles. The Bertz CT molecular complexity index is 180. The average molecular weight is 141 g/mol. The number of aliphatic carboxylic acids is 1. The molecule has 0 aliphatic rings. The largest absolute Gasteiger partial charge is 0.479 e. The van der Waals surface area contributed by atoms with Gasteiger partial charge in [0.1, 0.15) is 0 Å². The van der Waals surface area contributed by atoms with Crippen LogP contribution in [0.5, 0.6) is 0 Å². The van der Waals surface area contributed by atoms with E-state index in [-0.39, 0.29) is 6.42 Å². The van der Waals surface area contributed by atoms with Crippen LogP contribution in [0.1, 0.15) is 6.42 Å². The molecule has 0 aliphatic carbocycles. The third-order valence-electron chi connectivity index (χ3n) is 0.780. The van der Waals surface area contributed by atoms with E-state index in [1.165, 1.54) is 6.21 Å². The minimum atomic E-state index is -1.41. The van der Waals surface area contributed by atoms with Crippen LogP contribution < -0.4 is 0 Å². The molecule has 0 aliphatic heterocycles. The van der Waals surface area contributed by atoms with Crippen molar-refractivity contribution in [1.82, 2.24) is 0 Å². The third-order valence-corrected chi connectivity index (χ3v) is 0.780. The topological polar surface area (TPSA) is 69.9 Å². The molecule has 1 atom stereocenters. The van der Waals surface area contributed by atoms with Gasteiger partial charge >= 0.3 is 5.97 Å². The lowest BCUT2D eigenvalue weighted by atomic mass is 10.3. The van der Waals surface area contributed by atoms with Gasteiger partial charge in [-0.3, -0.25) is 0 Å². The van der Waals surface area contributed by atoms with Gasteiger partial charge in [0.2, 0.25) is 0 Å². The molecule has 0 radical (unpaired) electrons. The second-order valence-electron chi connectivity index (χ2n) is 1.53. The second-order valence-corrected chi connectivity index (χ2v) is 1.53. The van der Waals surface area contributed by atoms with Gasteiger partial charge in [0.15, 0.2) is 6.10 Å². The molecule has 1 unspecified atom stereocenters. The maximum atomic E-state index is 9.93. The van der Waals surface area contributed by atoms with Gasteiger partial charge < -0.3 is 10.2 Å². The highest BCUT2D eigenvalue weighted by molar-refractivity contribution is 5.76. The molecule has 2 N–H and O–H groups in total. The zero-order chi connectivity index (χ0) is 7.98. The first-order valence-corrected chi connectivity index (χ1v) is 2.56. The zero-order valence-corrected chi connectivity index (χ0v) is 5.19. The van der Waals surface area contributed by atoms with Gasteiger partial charge in [-0.2, -0.15) is 0 Å². The minimum absolute atomic E-state index is 0.0560. The number of carboxylic acid groups (broad SMARTS) is 1. The molecule has 0 saturated carbocycles. The first-order chi connectivity index (χ1) is 4.68. The van der Waals surface area contributed by atoms with E-state index in [1.807, 2.05) is 6.04 Å². The van der Waals surface area contributed by atoms with Gasteiger partial charge in [-0.25, -0.2) is 9.79 Å². The van der Waals surface area contributed by atoms with Gasteiger partial charge in [-0.1, -0.05) is 6.42 Å². The second kappa shape index (κ2) is 4.53. The summed E-state index contributed by atoms with van der Waals surface area (Å²) in [6.07, 6.45) is 4.43. The fourth-order valence-electron chi connectivity index (χ4n) is 0.306. The summed E-state index contributed by atoms with van der Waals surface area (Å²) in [5.41, 5.74) is 0. The van der Waals surface area contributed by atoms with Crippen LogP contribution in [0.3, 0.4) is 0 Å². The van der Waals surface area contributed by atoms with Gasteiger partial charge in [0, 0.05) is 18.7 Å². The number of aliphatic hydroxyl groups is 1. The lowest BCUT2D eigenvalue weighted by Gasteiger charge is -1.96. The summed E-state index contributed by atoms with van der Waals surface area (Å²) >= 11 is 0. The molecule has 0 rings (SSSR count). The van der Waals surface area contributed by atoms with E-state index in [9.17, 15) is 4.79 Å². The summed E-state index contributed by atoms with van der Waals surface area (Å²) < 4.78 is 0. The maximum Gasteiger partial charge on any atom is 0.332 e. The van der Waals surface area contributed by atoms with E-state index in [0.717, 1.165) is 0 Å². The summed E-state index contributed by atoms with van der Waals surface area (Å²) in [4.78, 5) is 13.2. The molecule has 4 heteroatoms. The molecule has 0 spiro atoms. The van der Waals surface area contributed by atoms with E-state index < -0.39 is 12.1 Å². The molecule has 0 fully saturated rings. The lowest BCUT2D eigenvalue weighted by Crippen LogP contribution is -2.19. The van der Waals surface area contributed by atoms with Crippen LogP contribution in [0, 0.1) is 12.5 Å². The fourth-order valence-corrected chi connectivity index (χ4v) is 0.306. The zero-order valence-electron chi connectivity index (χ0n) is 5.19. The molecule has 54 valence electrons. The Labute approximate surface area is 58.2 Å². The van der Waals surface area contributed by atoms with E-state index >= 15 is 0 Å². The molecule has 10 heavy (non-hydrogen) atoms. The highest BCUT2D eigenvalue weighted by Crippen LogP contribution is 1.86. The number of aliphatic imine (C=N–C) groups is 1. The minimum Gasteiger partial charge on any atom is -0.479 e. The summed E-state index contributed by atoms with van der Waals surface area (Å²) in [5.74, 6) is -1.27. The number of hydrogen-bond donors (Lipinski definition) is 2. The summed E-state index contributed by atoms with van der Waals surface area (Å²) in [6, 6.07) is 1.93. The standard InChI is InChI=1S/C6H7NO3/c1-2-7-4-3-5(8)6(9)10/h1,4-5,8H,3H2,(H,9,10). The number of terminal acetylenes is 1. The molecule has 0 aromatic rings. The Kier molecular flexibility index (Phi) is 3.92. The highest BCUT2D eigenvalue weighted by atomic mass is 16.4. The number of rotatable bonds is 3. The fraction of sp³-hybridized carbons (Fsp3) is 0.333. The van der Waals surface area contributed by atoms with Crippen molar-refractivity contribution in [3.8, 4) is 12.5 Å². The van der Waals surface area contributed by atoms with E-state index in [4.69, 9.17) is 16.6 Å². The Hall–Kier alpha value is -1.34. The van der Waals surface area contributed by atoms with Crippen molar-refractivity contribution >= 4 is 12.2 Å². The summed E-state index contributed by atoms with van der Waals surface area (Å²) in [6.45, 7) is 0. The number of hydrogen-bond acceptors (Lipinski definition) is 3. The maximum absolute atomic E-state index is 9.93. The Balaban J connectivity index is 3.61. The Morgan fingerprint density at radius 1 is 1.90 bits per heavy atom. The molecule has 0 bridgehead atoms. The molecule has 0 aromatic carbocycles. The van der Waals surface area contributed by atoms with Crippen molar-refractivity contribution in [2.45, 2.75) is 12.5 Å². The number of nitrogens with zero attached hydrogens (tertiary/aromatic N) is 1. The van der Waals surface area contributed by atoms with Crippen LogP contribution in [0.4, 0.5) is 0 Å². The number of carbonyl (C=O) groups is 1. The van der Waals surface area contributed by atoms with E-state index in [1.54, 1.807) is 0 Å². The quantitative estimate of drug-likeness (QED) is 0.410. The van der Waals surface area contributed by atoms with Crippen molar-refractivity contribution in [3.63, 3.8) is 0 Å². The number of aliphatic hydroxyl groups excluding tert-OH is 1. The Morgan fingerprint density at radius 3 is 2.90 bits per heavy atom. The van der Waals surface area contributed by atoms with Crippen molar-refractivity contribution in [1.29, 1.82) is 0 Å². The predicted octanol–water partition coefficient (Wildman–Crippen LogP) is -0.516. The van der Waals surface area contributed by atoms with Crippen LogP contribution in [-0.4, -0.2) is 28.5 Å². The van der Waals surface area contributed by atoms with Crippen LogP contribution in [-0.2, 0) is 4.79 Å². The van der Waals surface area contributed by atoms with Crippen molar-refractivity contribution in [3.05, 3.63) is 0 Å². The van der Waals surface area contributed by atoms with Crippen LogP contribution in [0.2, 0.25) is 0 Å². The third kappa shape index (κ3) is 3.64. The SMILES string of the molecule is C#CN=CCC(O)C(=O)O. The van der Waals surface area contributed by atoms with Gasteiger partial charge in [0.25, 0.3) is 0 Å². The summed E-state index contributed by atoms with van der Waals surface area (Å²) in [7, 11) is 0. The van der Waals surface area contributed by atoms with Crippen molar-refractivity contribution in [2.75, 3.05) is 0 Å². The number of carboxylic acids is 1. The van der Waals surface area contributed by atoms with Gasteiger partial charge in [-0.05, 0) is 0 Å². The van der Waals surface area contributed by atoms with Crippen molar-refractivity contribution in [2.24, 2.45) is 4.99 Å². The smallest absolute Gasteiger partial charge is 0.332 e. The average Bonchev–Trinajstić information content (AvgIpc) is 1.88. The first kappa shape index (κ1) is 8.66. The van der Waals surface area contributed by atoms with Gasteiger partial charge in [0.05, 0.1) is 0 Å². The van der Waals surface area contributed by atoms with Crippen LogP contribution in [0.25, 0.3) is 0 Å². The van der Waals surface area contributed by atoms with E-state index in [0.29, 0.717) is 0 Å². The van der Waals surface area contributed by atoms with Crippen LogP contribution >= 0.6 is 0 Å². The first-order valence-electron chi connectivity index (χ1n) is 2.56. The van der Waals surface area contributed by atoms with Crippen LogP contribution in [0.15, 0.2) is 4.99 Å². The predicted molar refractivity (Wildman–Crippen MR) is 35.6 cm³/mol. The summed E-state index contributed by atoms with van der Waals surface area (Å²) in [5, 5.41) is 16.7. The molecule has 0 amide bonds.